The molecule has 0 saturated heterocycles. The number of ether oxygens (including phenoxy) is 1. The standard InChI is InChI=1S/C14H16FN3O/c1-19-14-9-11(8-12(15)10-14)2-7-17-18-13-3-5-16-6-4-13/h3-6,8-10,17H,2,7H2,1H3,(H,16,18). The summed E-state index contributed by atoms with van der Waals surface area (Å²) in [6, 6.07) is 8.43. The predicted octanol–water partition coefficient (Wildman–Crippen LogP) is 2.39. The summed E-state index contributed by atoms with van der Waals surface area (Å²) in [4.78, 5) is 3.93. The van der Waals surface area contributed by atoms with Gasteiger partial charge in [-0.05, 0) is 36.2 Å². The van der Waals surface area contributed by atoms with Crippen LogP contribution in [0.2, 0.25) is 0 Å². The van der Waals surface area contributed by atoms with Crippen molar-refractivity contribution in [2.45, 2.75) is 6.42 Å². The van der Waals surface area contributed by atoms with Gasteiger partial charge in [0.2, 0.25) is 0 Å². The predicted molar refractivity (Wildman–Crippen MR) is 72.5 cm³/mol. The van der Waals surface area contributed by atoms with Crippen molar-refractivity contribution in [2.75, 3.05) is 19.1 Å². The van der Waals surface area contributed by atoms with Crippen molar-refractivity contribution in [2.24, 2.45) is 0 Å². The smallest absolute Gasteiger partial charge is 0.127 e. The van der Waals surface area contributed by atoms with E-state index in [2.05, 4.69) is 15.8 Å². The number of halogens is 1. The zero-order chi connectivity index (χ0) is 13.5. The molecule has 0 radical (unpaired) electrons. The number of benzene rings is 1. The summed E-state index contributed by atoms with van der Waals surface area (Å²) in [5, 5.41) is 0. The van der Waals surface area contributed by atoms with Crippen LogP contribution in [0.1, 0.15) is 5.56 Å². The summed E-state index contributed by atoms with van der Waals surface area (Å²) in [6.07, 6.45) is 4.12. The first-order valence-electron chi connectivity index (χ1n) is 6.00. The van der Waals surface area contributed by atoms with Crippen LogP contribution in [0.25, 0.3) is 0 Å². The van der Waals surface area contributed by atoms with Crippen molar-refractivity contribution < 1.29 is 9.13 Å². The Morgan fingerprint density at radius 2 is 2.00 bits per heavy atom. The normalized spacial score (nSPS) is 10.2. The third-order valence-corrected chi connectivity index (χ3v) is 2.62. The Labute approximate surface area is 111 Å². The molecule has 4 nitrogen and oxygen atoms in total. The maximum Gasteiger partial charge on any atom is 0.127 e. The van der Waals surface area contributed by atoms with E-state index in [-0.39, 0.29) is 5.82 Å². The van der Waals surface area contributed by atoms with Crippen molar-refractivity contribution in [1.29, 1.82) is 0 Å². The van der Waals surface area contributed by atoms with Crippen molar-refractivity contribution in [3.05, 3.63) is 54.1 Å². The number of nitrogens with one attached hydrogen (secondary N) is 2. The highest BCUT2D eigenvalue weighted by molar-refractivity contribution is 5.39. The van der Waals surface area contributed by atoms with Crippen LogP contribution < -0.4 is 15.6 Å². The quantitative estimate of drug-likeness (QED) is 0.619. The topological polar surface area (TPSA) is 46.2 Å². The molecule has 2 N–H and O–H groups in total. The van der Waals surface area contributed by atoms with Crippen LogP contribution in [0.3, 0.4) is 0 Å². The van der Waals surface area contributed by atoms with E-state index in [1.165, 1.54) is 19.2 Å². The molecule has 0 atom stereocenters. The third-order valence-electron chi connectivity index (χ3n) is 2.62. The number of hydrazine groups is 1. The van der Waals surface area contributed by atoms with E-state index < -0.39 is 0 Å². The van der Waals surface area contributed by atoms with Gasteiger partial charge >= 0.3 is 0 Å². The lowest BCUT2D eigenvalue weighted by Crippen LogP contribution is -2.24. The highest BCUT2D eigenvalue weighted by Crippen LogP contribution is 2.16. The first-order valence-corrected chi connectivity index (χ1v) is 6.00. The van der Waals surface area contributed by atoms with Crippen LogP contribution in [0, 0.1) is 5.82 Å². The van der Waals surface area contributed by atoms with Crippen LogP contribution >= 0.6 is 0 Å². The van der Waals surface area contributed by atoms with Crippen molar-refractivity contribution >= 4 is 5.69 Å². The van der Waals surface area contributed by atoms with Crippen molar-refractivity contribution in [3.63, 3.8) is 0 Å². The maximum absolute atomic E-state index is 13.3. The summed E-state index contributed by atoms with van der Waals surface area (Å²) in [5.74, 6) is 0.258. The number of hydrogen-bond acceptors (Lipinski definition) is 4. The molecule has 0 unspecified atom stereocenters. The zero-order valence-electron chi connectivity index (χ0n) is 10.7. The minimum Gasteiger partial charge on any atom is -0.497 e. The molecule has 0 fully saturated rings. The number of methoxy groups -OCH3 is 1. The summed E-state index contributed by atoms with van der Waals surface area (Å²) in [5.41, 5.74) is 7.94. The van der Waals surface area contributed by atoms with Gasteiger partial charge in [0, 0.05) is 25.0 Å². The highest BCUT2D eigenvalue weighted by atomic mass is 19.1. The van der Waals surface area contributed by atoms with E-state index in [0.717, 1.165) is 11.3 Å². The zero-order valence-corrected chi connectivity index (χ0v) is 10.7. The van der Waals surface area contributed by atoms with E-state index in [9.17, 15) is 4.39 Å². The van der Waals surface area contributed by atoms with E-state index in [1.54, 1.807) is 12.4 Å². The largest absolute Gasteiger partial charge is 0.497 e. The van der Waals surface area contributed by atoms with Crippen molar-refractivity contribution in [3.8, 4) is 5.75 Å². The average molecular weight is 261 g/mol. The molecule has 0 aliphatic heterocycles. The maximum atomic E-state index is 13.3. The fraction of sp³-hybridized carbons (Fsp3) is 0.214. The molecular formula is C14H16FN3O. The third kappa shape index (κ3) is 4.22. The Morgan fingerprint density at radius 1 is 1.21 bits per heavy atom. The summed E-state index contributed by atoms with van der Waals surface area (Å²) >= 11 is 0. The van der Waals surface area contributed by atoms with Gasteiger partial charge in [0.05, 0.1) is 12.8 Å². The van der Waals surface area contributed by atoms with Crippen molar-refractivity contribution in [1.82, 2.24) is 10.4 Å². The van der Waals surface area contributed by atoms with E-state index in [1.807, 2.05) is 18.2 Å². The lowest BCUT2D eigenvalue weighted by molar-refractivity contribution is 0.410. The van der Waals surface area contributed by atoms with Gasteiger partial charge in [0.25, 0.3) is 0 Å². The second-order valence-electron chi connectivity index (χ2n) is 4.04. The number of nitrogens with zero attached hydrogens (tertiary/aromatic N) is 1. The molecule has 0 amide bonds. The minimum absolute atomic E-state index is 0.281. The van der Waals surface area contributed by atoms with Crippen LogP contribution in [-0.2, 0) is 6.42 Å². The fourth-order valence-electron chi connectivity index (χ4n) is 1.69. The molecule has 0 aliphatic carbocycles. The summed E-state index contributed by atoms with van der Waals surface area (Å²) in [6.45, 7) is 0.676. The SMILES string of the molecule is COc1cc(F)cc(CCNNc2ccncc2)c1. The number of rotatable bonds is 6. The average Bonchev–Trinajstić information content (AvgIpc) is 2.44. The Hall–Kier alpha value is -2.14. The van der Waals surface area contributed by atoms with E-state index in [0.29, 0.717) is 18.7 Å². The van der Waals surface area contributed by atoms with Gasteiger partial charge < -0.3 is 10.2 Å². The van der Waals surface area contributed by atoms with Gasteiger partial charge in [-0.3, -0.25) is 4.98 Å². The van der Waals surface area contributed by atoms with Crippen LogP contribution in [0.4, 0.5) is 10.1 Å². The van der Waals surface area contributed by atoms with Gasteiger partial charge in [0.15, 0.2) is 0 Å². The lowest BCUT2D eigenvalue weighted by atomic mass is 10.1. The summed E-state index contributed by atoms with van der Waals surface area (Å²) in [7, 11) is 1.53. The van der Waals surface area contributed by atoms with Crippen LogP contribution in [0.5, 0.6) is 5.75 Å². The molecule has 0 aliphatic rings. The van der Waals surface area contributed by atoms with Gasteiger partial charge in [-0.1, -0.05) is 0 Å². The molecule has 19 heavy (non-hydrogen) atoms. The number of pyridine rings is 1. The van der Waals surface area contributed by atoms with Gasteiger partial charge in [0.1, 0.15) is 11.6 Å². The molecular weight excluding hydrogens is 245 g/mol. The molecule has 1 aromatic carbocycles. The number of hydrogen-bond donors (Lipinski definition) is 2. The molecule has 1 aromatic heterocycles. The molecule has 5 heteroatoms. The summed E-state index contributed by atoms with van der Waals surface area (Å²) < 4.78 is 18.3. The first kappa shape index (κ1) is 13.3. The monoisotopic (exact) mass is 261 g/mol. The second-order valence-corrected chi connectivity index (χ2v) is 4.04. The molecule has 0 bridgehead atoms. The molecule has 1 heterocycles. The second kappa shape index (κ2) is 6.70. The minimum atomic E-state index is -0.281. The van der Waals surface area contributed by atoms with E-state index in [4.69, 9.17) is 4.74 Å². The lowest BCUT2D eigenvalue weighted by Gasteiger charge is -2.09. The van der Waals surface area contributed by atoms with Gasteiger partial charge in [-0.25, -0.2) is 9.82 Å². The molecule has 2 aromatic rings. The first-order chi connectivity index (χ1) is 9.28. The van der Waals surface area contributed by atoms with Gasteiger partial charge in [-0.15, -0.1) is 0 Å². The van der Waals surface area contributed by atoms with E-state index >= 15 is 0 Å². The molecule has 2 rings (SSSR count). The molecule has 0 spiro atoms. The molecule has 100 valence electrons. The highest BCUT2D eigenvalue weighted by Gasteiger charge is 2.01. The van der Waals surface area contributed by atoms with Gasteiger partial charge in [-0.2, -0.15) is 0 Å². The number of aromatic nitrogens is 1. The number of anilines is 1. The fourth-order valence-corrected chi connectivity index (χ4v) is 1.69. The molecule has 0 saturated carbocycles. The van der Waals surface area contributed by atoms with Crippen LogP contribution in [0.15, 0.2) is 42.7 Å². The Morgan fingerprint density at radius 3 is 2.74 bits per heavy atom. The Kier molecular flexibility index (Phi) is 4.69. The Balaban J connectivity index is 1.81. The van der Waals surface area contributed by atoms with Crippen LogP contribution in [-0.4, -0.2) is 18.6 Å². The Bertz CT molecular complexity index is 519.